The van der Waals surface area contributed by atoms with Crippen LogP contribution in [0.25, 0.3) is 0 Å². The number of rotatable bonds is 1. The van der Waals surface area contributed by atoms with Gasteiger partial charge in [0.1, 0.15) is 0 Å². The maximum Gasteiger partial charge on any atom is 0.225 e. The van der Waals surface area contributed by atoms with E-state index in [1.165, 1.54) is 0 Å². The molecule has 0 spiro atoms. The molecule has 1 atom stereocenters. The van der Waals surface area contributed by atoms with Crippen molar-refractivity contribution < 1.29 is 9.53 Å². The van der Waals surface area contributed by atoms with Gasteiger partial charge in [0, 0.05) is 12.0 Å². The van der Waals surface area contributed by atoms with E-state index >= 15 is 0 Å². The molecule has 0 aromatic rings. The Morgan fingerprint density at radius 2 is 2.07 bits per heavy atom. The van der Waals surface area contributed by atoms with Crippen LogP contribution in [0.5, 0.6) is 0 Å². The third-order valence-corrected chi connectivity index (χ3v) is 2.53. The Hall–Kier alpha value is -0.570. The predicted octanol–water partition coefficient (Wildman–Crippen LogP) is 1.72. The van der Waals surface area contributed by atoms with E-state index in [0.717, 1.165) is 19.4 Å². The molecule has 0 aromatic carbocycles. The fourth-order valence-corrected chi connectivity index (χ4v) is 1.49. The summed E-state index contributed by atoms with van der Waals surface area (Å²) in [7, 11) is 0. The molecule has 0 aliphatic carbocycles. The number of nitrogens with one attached hydrogen (secondary N) is 1. The maximum atomic E-state index is 11.8. The molecule has 1 saturated heterocycles. The van der Waals surface area contributed by atoms with Gasteiger partial charge in [0.15, 0.2) is 0 Å². The van der Waals surface area contributed by atoms with Crippen LogP contribution in [0.1, 0.15) is 40.5 Å². The third-order valence-electron chi connectivity index (χ3n) is 2.53. The summed E-state index contributed by atoms with van der Waals surface area (Å²) < 4.78 is 5.38. The second-order valence-electron chi connectivity index (χ2n) is 5.42. The first-order valence-electron chi connectivity index (χ1n) is 5.24. The summed E-state index contributed by atoms with van der Waals surface area (Å²) in [5, 5.41) is 3.07. The van der Waals surface area contributed by atoms with Crippen LogP contribution in [0.4, 0.5) is 0 Å². The van der Waals surface area contributed by atoms with Gasteiger partial charge in [0.2, 0.25) is 5.91 Å². The smallest absolute Gasteiger partial charge is 0.225 e. The predicted molar refractivity (Wildman–Crippen MR) is 56.1 cm³/mol. The van der Waals surface area contributed by atoms with Crippen molar-refractivity contribution in [2.24, 2.45) is 5.41 Å². The van der Waals surface area contributed by atoms with Gasteiger partial charge in [-0.05, 0) is 19.8 Å². The molecule has 1 heterocycles. The van der Waals surface area contributed by atoms with Crippen molar-refractivity contribution in [1.82, 2.24) is 5.32 Å². The Bertz CT molecular complexity index is 212. The van der Waals surface area contributed by atoms with E-state index in [0.29, 0.717) is 6.61 Å². The van der Waals surface area contributed by atoms with Gasteiger partial charge in [0.25, 0.3) is 0 Å². The first-order chi connectivity index (χ1) is 6.33. The van der Waals surface area contributed by atoms with Gasteiger partial charge in [-0.1, -0.05) is 20.8 Å². The van der Waals surface area contributed by atoms with Gasteiger partial charge in [0.05, 0.1) is 12.1 Å². The highest BCUT2D eigenvalue weighted by Crippen LogP contribution is 2.21. The van der Waals surface area contributed by atoms with E-state index in [9.17, 15) is 4.79 Å². The lowest BCUT2D eigenvalue weighted by Crippen LogP contribution is -2.54. The van der Waals surface area contributed by atoms with Crippen molar-refractivity contribution in [3.63, 3.8) is 0 Å². The van der Waals surface area contributed by atoms with Crippen molar-refractivity contribution in [3.05, 3.63) is 0 Å². The molecule has 1 N–H and O–H groups in total. The Morgan fingerprint density at radius 1 is 1.43 bits per heavy atom. The Balaban J connectivity index is 2.54. The van der Waals surface area contributed by atoms with Crippen molar-refractivity contribution in [2.75, 3.05) is 13.2 Å². The molecule has 0 radical (unpaired) electrons. The zero-order valence-corrected chi connectivity index (χ0v) is 9.64. The summed E-state index contributed by atoms with van der Waals surface area (Å²) in [5.41, 5.74) is -0.483. The molecular formula is C11H21NO2. The highest BCUT2D eigenvalue weighted by atomic mass is 16.5. The van der Waals surface area contributed by atoms with Crippen LogP contribution in [0, 0.1) is 5.41 Å². The van der Waals surface area contributed by atoms with Gasteiger partial charge < -0.3 is 10.1 Å². The lowest BCUT2D eigenvalue weighted by atomic mass is 9.90. The molecule has 0 saturated carbocycles. The number of hydrogen-bond donors (Lipinski definition) is 1. The molecule has 1 fully saturated rings. The molecular weight excluding hydrogens is 178 g/mol. The first-order valence-corrected chi connectivity index (χ1v) is 5.24. The quantitative estimate of drug-likeness (QED) is 0.698. The zero-order chi connectivity index (χ0) is 10.8. The number of ether oxygens (including phenoxy) is 1. The summed E-state index contributed by atoms with van der Waals surface area (Å²) in [4.78, 5) is 11.8. The van der Waals surface area contributed by atoms with Gasteiger partial charge >= 0.3 is 0 Å². The molecule has 1 aliphatic rings. The zero-order valence-electron chi connectivity index (χ0n) is 9.64. The largest absolute Gasteiger partial charge is 0.379 e. The molecule has 0 aromatic heterocycles. The standard InChI is InChI=1S/C11H21NO2/c1-10(2,3)9(13)12-11(4)6-5-7-14-8-11/h5-8H2,1-4H3,(H,12,13). The normalized spacial score (nSPS) is 28.6. The van der Waals surface area contributed by atoms with Crippen LogP contribution < -0.4 is 5.32 Å². The minimum absolute atomic E-state index is 0.102. The fourth-order valence-electron chi connectivity index (χ4n) is 1.49. The van der Waals surface area contributed by atoms with Gasteiger partial charge in [-0.2, -0.15) is 0 Å². The SMILES string of the molecule is CC1(NC(=O)C(C)(C)C)CCCOC1. The van der Waals surface area contributed by atoms with Crippen LogP contribution in [-0.2, 0) is 9.53 Å². The van der Waals surface area contributed by atoms with Crippen molar-refractivity contribution >= 4 is 5.91 Å². The van der Waals surface area contributed by atoms with Crippen molar-refractivity contribution in [1.29, 1.82) is 0 Å². The molecule has 1 unspecified atom stereocenters. The molecule has 3 nitrogen and oxygen atoms in total. The number of hydrogen-bond acceptors (Lipinski definition) is 2. The Kier molecular flexibility index (Phi) is 3.20. The van der Waals surface area contributed by atoms with Gasteiger partial charge in [-0.25, -0.2) is 0 Å². The summed E-state index contributed by atoms with van der Waals surface area (Å²) in [6, 6.07) is 0. The summed E-state index contributed by atoms with van der Waals surface area (Å²) in [5.74, 6) is 0.102. The van der Waals surface area contributed by atoms with Crippen LogP contribution in [0.3, 0.4) is 0 Å². The van der Waals surface area contributed by atoms with E-state index in [4.69, 9.17) is 4.74 Å². The number of amides is 1. The highest BCUT2D eigenvalue weighted by molar-refractivity contribution is 5.82. The minimum Gasteiger partial charge on any atom is -0.379 e. The molecule has 1 rings (SSSR count). The van der Waals surface area contributed by atoms with Crippen LogP contribution in [-0.4, -0.2) is 24.7 Å². The van der Waals surface area contributed by atoms with E-state index in [2.05, 4.69) is 12.2 Å². The monoisotopic (exact) mass is 199 g/mol. The molecule has 1 amide bonds. The summed E-state index contributed by atoms with van der Waals surface area (Å²) >= 11 is 0. The van der Waals surface area contributed by atoms with E-state index < -0.39 is 0 Å². The fraction of sp³-hybridized carbons (Fsp3) is 0.909. The number of carbonyl (C=O) groups is 1. The van der Waals surface area contributed by atoms with Gasteiger partial charge in [-0.15, -0.1) is 0 Å². The van der Waals surface area contributed by atoms with Crippen LogP contribution in [0.2, 0.25) is 0 Å². The number of carbonyl (C=O) groups excluding carboxylic acids is 1. The Morgan fingerprint density at radius 3 is 2.50 bits per heavy atom. The van der Waals surface area contributed by atoms with Gasteiger partial charge in [-0.3, -0.25) is 4.79 Å². The lowest BCUT2D eigenvalue weighted by Gasteiger charge is -2.36. The molecule has 82 valence electrons. The second-order valence-corrected chi connectivity index (χ2v) is 5.42. The van der Waals surface area contributed by atoms with E-state index in [1.807, 2.05) is 20.8 Å². The molecule has 14 heavy (non-hydrogen) atoms. The molecule has 1 aliphatic heterocycles. The van der Waals surface area contributed by atoms with Crippen LogP contribution in [0.15, 0.2) is 0 Å². The summed E-state index contributed by atoms with van der Waals surface area (Å²) in [6.45, 7) is 9.28. The average Bonchev–Trinajstić information content (AvgIpc) is 2.02. The average molecular weight is 199 g/mol. The topological polar surface area (TPSA) is 38.3 Å². The molecule has 3 heteroatoms. The maximum absolute atomic E-state index is 11.8. The van der Waals surface area contributed by atoms with E-state index in [1.54, 1.807) is 0 Å². The Labute approximate surface area is 86.2 Å². The lowest BCUT2D eigenvalue weighted by molar-refractivity contribution is -0.132. The second kappa shape index (κ2) is 3.89. The first kappa shape index (κ1) is 11.5. The molecule has 0 bridgehead atoms. The summed E-state index contributed by atoms with van der Waals surface area (Å²) in [6.07, 6.45) is 2.04. The van der Waals surface area contributed by atoms with Crippen molar-refractivity contribution in [3.8, 4) is 0 Å². The third kappa shape index (κ3) is 2.98. The minimum atomic E-state index is -0.319. The van der Waals surface area contributed by atoms with Crippen molar-refractivity contribution in [2.45, 2.75) is 46.1 Å². The highest BCUT2D eigenvalue weighted by Gasteiger charge is 2.32. The van der Waals surface area contributed by atoms with E-state index in [-0.39, 0.29) is 16.9 Å². The van der Waals surface area contributed by atoms with Crippen LogP contribution >= 0.6 is 0 Å².